The summed E-state index contributed by atoms with van der Waals surface area (Å²) in [6.07, 6.45) is 5.05. The minimum absolute atomic E-state index is 0.348. The molecular formula is C15H18F2N2. The third kappa shape index (κ3) is 2.13. The van der Waals surface area contributed by atoms with Crippen LogP contribution >= 0.6 is 0 Å². The molecule has 2 aromatic rings. The third-order valence-corrected chi connectivity index (χ3v) is 4.58. The fourth-order valence-corrected chi connectivity index (χ4v) is 3.09. The maximum absolute atomic E-state index is 13.4. The predicted octanol–water partition coefficient (Wildman–Crippen LogP) is 4.31. The Balaban J connectivity index is 1.99. The van der Waals surface area contributed by atoms with E-state index in [4.69, 9.17) is 0 Å². The van der Waals surface area contributed by atoms with Crippen LogP contribution in [0.1, 0.15) is 39.2 Å². The average Bonchev–Trinajstić information content (AvgIpc) is 2.76. The third-order valence-electron chi connectivity index (χ3n) is 4.58. The Bertz CT molecular complexity index is 605. The van der Waals surface area contributed by atoms with Gasteiger partial charge in [-0.1, -0.05) is 13.8 Å². The second-order valence-corrected chi connectivity index (χ2v) is 5.83. The van der Waals surface area contributed by atoms with E-state index in [2.05, 4.69) is 18.8 Å². The molecule has 1 aromatic heterocycles. The van der Waals surface area contributed by atoms with Crippen LogP contribution in [0, 0.1) is 23.5 Å². The Morgan fingerprint density at radius 3 is 2.58 bits per heavy atom. The van der Waals surface area contributed by atoms with E-state index in [1.807, 2.05) is 4.57 Å². The molecule has 3 rings (SSSR count). The number of imidazole rings is 1. The molecule has 19 heavy (non-hydrogen) atoms. The van der Waals surface area contributed by atoms with E-state index in [-0.39, 0.29) is 0 Å². The molecule has 1 saturated carbocycles. The van der Waals surface area contributed by atoms with Crippen LogP contribution in [0.3, 0.4) is 0 Å². The molecule has 2 nitrogen and oxygen atoms in total. The first-order valence-corrected chi connectivity index (χ1v) is 6.88. The zero-order chi connectivity index (χ0) is 13.6. The fraction of sp³-hybridized carbons (Fsp3) is 0.533. The largest absolute Gasteiger partial charge is 0.327 e. The van der Waals surface area contributed by atoms with Crippen LogP contribution in [0.2, 0.25) is 0 Å². The number of rotatable bonds is 1. The summed E-state index contributed by atoms with van der Waals surface area (Å²) in [5.41, 5.74) is 1.23. The SMILES string of the molecule is CC1CCC(n2cnc3cc(F)c(F)cc32)CC1C. The molecule has 0 aliphatic heterocycles. The van der Waals surface area contributed by atoms with E-state index < -0.39 is 11.6 Å². The first-order chi connectivity index (χ1) is 9.06. The van der Waals surface area contributed by atoms with Crippen molar-refractivity contribution in [3.05, 3.63) is 30.1 Å². The molecule has 1 fully saturated rings. The maximum Gasteiger partial charge on any atom is 0.161 e. The van der Waals surface area contributed by atoms with E-state index >= 15 is 0 Å². The molecule has 0 amide bonds. The van der Waals surface area contributed by atoms with Crippen LogP contribution in [-0.2, 0) is 0 Å². The molecule has 4 heteroatoms. The molecule has 3 atom stereocenters. The Kier molecular flexibility index (Phi) is 3.03. The minimum Gasteiger partial charge on any atom is -0.327 e. The zero-order valence-corrected chi connectivity index (χ0v) is 11.2. The van der Waals surface area contributed by atoms with Gasteiger partial charge in [-0.25, -0.2) is 13.8 Å². The summed E-state index contributed by atoms with van der Waals surface area (Å²) < 4.78 is 28.6. The zero-order valence-electron chi connectivity index (χ0n) is 11.2. The highest BCUT2D eigenvalue weighted by Gasteiger charge is 2.26. The van der Waals surface area contributed by atoms with Gasteiger partial charge in [0, 0.05) is 18.2 Å². The van der Waals surface area contributed by atoms with Crippen molar-refractivity contribution in [2.75, 3.05) is 0 Å². The topological polar surface area (TPSA) is 17.8 Å². The summed E-state index contributed by atoms with van der Waals surface area (Å²) >= 11 is 0. The monoisotopic (exact) mass is 264 g/mol. The van der Waals surface area contributed by atoms with Gasteiger partial charge in [0.15, 0.2) is 11.6 Å². The highest BCUT2D eigenvalue weighted by molar-refractivity contribution is 5.75. The molecule has 102 valence electrons. The Labute approximate surface area is 111 Å². The van der Waals surface area contributed by atoms with Gasteiger partial charge in [0.1, 0.15) is 0 Å². The van der Waals surface area contributed by atoms with Gasteiger partial charge in [0.05, 0.1) is 17.4 Å². The standard InChI is InChI=1S/C15H18F2N2/c1-9-3-4-11(5-10(9)2)19-8-18-14-6-12(16)13(17)7-15(14)19/h6-11H,3-5H2,1-2H3. The van der Waals surface area contributed by atoms with Crippen molar-refractivity contribution >= 4 is 11.0 Å². The molecule has 3 unspecified atom stereocenters. The second-order valence-electron chi connectivity index (χ2n) is 5.83. The predicted molar refractivity (Wildman–Crippen MR) is 70.9 cm³/mol. The summed E-state index contributed by atoms with van der Waals surface area (Å²) in [6.45, 7) is 4.54. The number of benzene rings is 1. The van der Waals surface area contributed by atoms with Gasteiger partial charge in [0.2, 0.25) is 0 Å². The van der Waals surface area contributed by atoms with Gasteiger partial charge in [-0.3, -0.25) is 0 Å². The lowest BCUT2D eigenvalue weighted by Gasteiger charge is -2.33. The van der Waals surface area contributed by atoms with Crippen molar-refractivity contribution in [2.45, 2.75) is 39.2 Å². The van der Waals surface area contributed by atoms with Gasteiger partial charge in [-0.05, 0) is 31.1 Å². The second kappa shape index (κ2) is 4.58. The number of halogens is 2. The Morgan fingerprint density at radius 1 is 1.11 bits per heavy atom. The molecule has 0 radical (unpaired) electrons. The molecule has 1 heterocycles. The first kappa shape index (κ1) is 12.6. The lowest BCUT2D eigenvalue weighted by molar-refractivity contribution is 0.213. The van der Waals surface area contributed by atoms with Crippen LogP contribution in [0.5, 0.6) is 0 Å². The number of aromatic nitrogens is 2. The Morgan fingerprint density at radius 2 is 1.84 bits per heavy atom. The maximum atomic E-state index is 13.4. The number of hydrogen-bond acceptors (Lipinski definition) is 1. The number of hydrogen-bond donors (Lipinski definition) is 0. The summed E-state index contributed by atoms with van der Waals surface area (Å²) in [4.78, 5) is 4.20. The van der Waals surface area contributed by atoms with Crippen LogP contribution in [0.15, 0.2) is 18.5 Å². The summed E-state index contributed by atoms with van der Waals surface area (Å²) in [5, 5.41) is 0. The van der Waals surface area contributed by atoms with E-state index in [1.54, 1.807) is 6.33 Å². The molecule has 1 aliphatic rings. The van der Waals surface area contributed by atoms with E-state index in [0.29, 0.717) is 23.0 Å². The van der Waals surface area contributed by atoms with Crippen molar-refractivity contribution in [3.8, 4) is 0 Å². The lowest BCUT2D eigenvalue weighted by atomic mass is 9.79. The molecule has 1 aromatic carbocycles. The van der Waals surface area contributed by atoms with E-state index in [1.165, 1.54) is 18.6 Å². The van der Waals surface area contributed by atoms with Gasteiger partial charge < -0.3 is 4.57 Å². The van der Waals surface area contributed by atoms with Gasteiger partial charge in [-0.2, -0.15) is 0 Å². The normalized spacial score (nSPS) is 27.9. The van der Waals surface area contributed by atoms with Crippen molar-refractivity contribution in [1.29, 1.82) is 0 Å². The van der Waals surface area contributed by atoms with Crippen LogP contribution in [-0.4, -0.2) is 9.55 Å². The first-order valence-electron chi connectivity index (χ1n) is 6.88. The quantitative estimate of drug-likeness (QED) is 0.750. The van der Waals surface area contributed by atoms with Gasteiger partial charge in [-0.15, -0.1) is 0 Å². The summed E-state index contributed by atoms with van der Waals surface area (Å²) in [7, 11) is 0. The van der Waals surface area contributed by atoms with Crippen LogP contribution < -0.4 is 0 Å². The number of fused-ring (bicyclic) bond motifs is 1. The van der Waals surface area contributed by atoms with E-state index in [0.717, 1.165) is 18.8 Å². The van der Waals surface area contributed by atoms with Crippen molar-refractivity contribution in [3.63, 3.8) is 0 Å². The number of nitrogens with zero attached hydrogens (tertiary/aromatic N) is 2. The summed E-state index contributed by atoms with van der Waals surface area (Å²) in [5.74, 6) is -0.239. The molecule has 1 aliphatic carbocycles. The van der Waals surface area contributed by atoms with Crippen molar-refractivity contribution in [1.82, 2.24) is 9.55 Å². The van der Waals surface area contributed by atoms with Gasteiger partial charge >= 0.3 is 0 Å². The minimum atomic E-state index is -0.830. The highest BCUT2D eigenvalue weighted by Crippen LogP contribution is 2.37. The van der Waals surface area contributed by atoms with Crippen LogP contribution in [0.4, 0.5) is 8.78 Å². The molecule has 0 bridgehead atoms. The highest BCUT2D eigenvalue weighted by atomic mass is 19.2. The molecule has 0 spiro atoms. The van der Waals surface area contributed by atoms with Crippen molar-refractivity contribution < 1.29 is 8.78 Å². The Hall–Kier alpha value is -1.45. The van der Waals surface area contributed by atoms with Crippen molar-refractivity contribution in [2.24, 2.45) is 11.8 Å². The lowest BCUT2D eigenvalue weighted by Crippen LogP contribution is -2.23. The van der Waals surface area contributed by atoms with Gasteiger partial charge in [0.25, 0.3) is 0 Å². The van der Waals surface area contributed by atoms with E-state index in [9.17, 15) is 8.78 Å². The van der Waals surface area contributed by atoms with Crippen LogP contribution in [0.25, 0.3) is 11.0 Å². The molecule has 0 saturated heterocycles. The molecule has 0 N–H and O–H groups in total. The smallest absolute Gasteiger partial charge is 0.161 e. The molecular weight excluding hydrogens is 246 g/mol. The average molecular weight is 264 g/mol. The summed E-state index contributed by atoms with van der Waals surface area (Å²) in [6, 6.07) is 2.79. The fourth-order valence-electron chi connectivity index (χ4n) is 3.09.